The SMILES string of the molecule is O=C(/C=C/Nc1ccc(C(F)(F)F)cc1)c1ccc(OCc2c(F)cccc2Cl)cc1. The molecule has 0 aromatic heterocycles. The second kappa shape index (κ2) is 9.66. The van der Waals surface area contributed by atoms with E-state index in [-0.39, 0.29) is 23.0 Å². The van der Waals surface area contributed by atoms with Gasteiger partial charge in [-0.05, 0) is 60.7 Å². The van der Waals surface area contributed by atoms with Crippen LogP contribution in [0.25, 0.3) is 0 Å². The molecule has 3 aromatic carbocycles. The van der Waals surface area contributed by atoms with Crippen molar-refractivity contribution in [2.45, 2.75) is 12.8 Å². The summed E-state index contributed by atoms with van der Waals surface area (Å²) in [5, 5.41) is 3.00. The van der Waals surface area contributed by atoms with Crippen molar-refractivity contribution < 1.29 is 27.1 Å². The molecule has 0 heterocycles. The van der Waals surface area contributed by atoms with Gasteiger partial charge < -0.3 is 10.1 Å². The number of ether oxygens (including phenoxy) is 1. The largest absolute Gasteiger partial charge is 0.489 e. The molecule has 0 aliphatic carbocycles. The molecule has 0 aliphatic heterocycles. The van der Waals surface area contributed by atoms with Crippen molar-refractivity contribution in [1.82, 2.24) is 0 Å². The molecule has 0 fully saturated rings. The number of halogens is 5. The Labute approximate surface area is 180 Å². The molecular weight excluding hydrogens is 434 g/mol. The second-order valence-corrected chi connectivity index (χ2v) is 6.84. The lowest BCUT2D eigenvalue weighted by molar-refractivity contribution is -0.137. The summed E-state index contributed by atoms with van der Waals surface area (Å²) >= 11 is 5.95. The van der Waals surface area contributed by atoms with E-state index in [9.17, 15) is 22.4 Å². The number of allylic oxidation sites excluding steroid dienone is 1. The number of hydrogen-bond donors (Lipinski definition) is 1. The fraction of sp³-hybridized carbons (Fsp3) is 0.0870. The smallest absolute Gasteiger partial charge is 0.416 e. The molecule has 0 aliphatic rings. The lowest BCUT2D eigenvalue weighted by atomic mass is 10.1. The summed E-state index contributed by atoms with van der Waals surface area (Å²) in [7, 11) is 0. The number of nitrogens with one attached hydrogen (secondary N) is 1. The Morgan fingerprint density at radius 3 is 2.29 bits per heavy atom. The van der Waals surface area contributed by atoms with Crippen molar-refractivity contribution in [3.63, 3.8) is 0 Å². The lowest BCUT2D eigenvalue weighted by Crippen LogP contribution is -2.04. The van der Waals surface area contributed by atoms with Crippen LogP contribution in [-0.2, 0) is 12.8 Å². The molecule has 31 heavy (non-hydrogen) atoms. The van der Waals surface area contributed by atoms with Gasteiger partial charge >= 0.3 is 6.18 Å². The van der Waals surface area contributed by atoms with Crippen LogP contribution in [-0.4, -0.2) is 5.78 Å². The maximum atomic E-state index is 13.8. The van der Waals surface area contributed by atoms with Crippen molar-refractivity contribution in [3.8, 4) is 5.75 Å². The van der Waals surface area contributed by atoms with E-state index in [1.54, 1.807) is 30.3 Å². The summed E-state index contributed by atoms with van der Waals surface area (Å²) < 4.78 is 56.9. The summed E-state index contributed by atoms with van der Waals surface area (Å²) in [6.07, 6.45) is -1.80. The Balaban J connectivity index is 1.55. The molecule has 0 saturated carbocycles. The molecule has 0 atom stereocenters. The van der Waals surface area contributed by atoms with Gasteiger partial charge in [-0.25, -0.2) is 4.39 Å². The van der Waals surface area contributed by atoms with E-state index in [2.05, 4.69) is 5.32 Å². The van der Waals surface area contributed by atoms with E-state index in [0.717, 1.165) is 12.1 Å². The van der Waals surface area contributed by atoms with E-state index < -0.39 is 17.6 Å². The summed E-state index contributed by atoms with van der Waals surface area (Å²) in [6.45, 7) is -0.0598. The minimum Gasteiger partial charge on any atom is -0.489 e. The molecule has 0 spiro atoms. The monoisotopic (exact) mass is 449 g/mol. The molecule has 160 valence electrons. The van der Waals surface area contributed by atoms with E-state index in [4.69, 9.17) is 16.3 Å². The summed E-state index contributed by atoms with van der Waals surface area (Å²) in [5.41, 5.74) is 0.272. The van der Waals surface area contributed by atoms with Gasteiger partial charge in [-0.3, -0.25) is 4.79 Å². The molecule has 0 saturated heterocycles. The zero-order valence-corrected chi connectivity index (χ0v) is 16.7. The molecule has 3 rings (SSSR count). The fourth-order valence-electron chi connectivity index (χ4n) is 2.61. The van der Waals surface area contributed by atoms with Gasteiger partial charge in [0, 0.05) is 29.1 Å². The van der Waals surface area contributed by atoms with Crippen LogP contribution in [0.1, 0.15) is 21.5 Å². The van der Waals surface area contributed by atoms with Crippen molar-refractivity contribution in [3.05, 3.63) is 107 Å². The highest BCUT2D eigenvalue weighted by molar-refractivity contribution is 6.31. The Morgan fingerprint density at radius 1 is 1.00 bits per heavy atom. The van der Waals surface area contributed by atoms with Gasteiger partial charge in [-0.2, -0.15) is 13.2 Å². The van der Waals surface area contributed by atoms with Crippen molar-refractivity contribution in [2.75, 3.05) is 5.32 Å². The second-order valence-electron chi connectivity index (χ2n) is 6.43. The molecule has 3 aromatic rings. The van der Waals surface area contributed by atoms with Gasteiger partial charge in [0.25, 0.3) is 0 Å². The van der Waals surface area contributed by atoms with E-state index in [1.165, 1.54) is 36.5 Å². The van der Waals surface area contributed by atoms with Crippen molar-refractivity contribution in [2.24, 2.45) is 0 Å². The summed E-state index contributed by atoms with van der Waals surface area (Å²) in [5.74, 6) is -0.351. The molecule has 0 amide bonds. The zero-order chi connectivity index (χ0) is 22.4. The third-order valence-corrected chi connectivity index (χ3v) is 4.63. The highest BCUT2D eigenvalue weighted by Gasteiger charge is 2.29. The normalized spacial score (nSPS) is 11.5. The lowest BCUT2D eigenvalue weighted by Gasteiger charge is -2.09. The van der Waals surface area contributed by atoms with Crippen LogP contribution in [0.5, 0.6) is 5.75 Å². The molecule has 0 bridgehead atoms. The maximum Gasteiger partial charge on any atom is 0.416 e. The Morgan fingerprint density at radius 2 is 1.68 bits per heavy atom. The topological polar surface area (TPSA) is 38.3 Å². The minimum atomic E-state index is -4.40. The first-order valence-corrected chi connectivity index (χ1v) is 9.42. The van der Waals surface area contributed by atoms with Crippen LogP contribution in [0.4, 0.5) is 23.2 Å². The van der Waals surface area contributed by atoms with Gasteiger partial charge in [0.1, 0.15) is 18.2 Å². The van der Waals surface area contributed by atoms with Crippen LogP contribution in [0.2, 0.25) is 5.02 Å². The van der Waals surface area contributed by atoms with Crippen molar-refractivity contribution >= 4 is 23.1 Å². The molecule has 8 heteroatoms. The van der Waals surface area contributed by atoms with Crippen LogP contribution in [0.15, 0.2) is 79.0 Å². The predicted molar refractivity (Wildman–Crippen MR) is 111 cm³/mol. The van der Waals surface area contributed by atoms with Gasteiger partial charge in [0.15, 0.2) is 5.78 Å². The highest BCUT2D eigenvalue weighted by atomic mass is 35.5. The quantitative estimate of drug-likeness (QED) is 0.242. The average Bonchev–Trinajstić information content (AvgIpc) is 2.73. The third kappa shape index (κ3) is 6.08. The zero-order valence-electron chi connectivity index (χ0n) is 15.9. The number of carbonyl (C=O) groups excluding carboxylic acids is 1. The Kier molecular flexibility index (Phi) is 6.97. The standard InChI is InChI=1S/C23H16ClF4NO2/c24-20-2-1-3-21(25)19(20)14-31-18-10-4-15(5-11-18)22(30)12-13-29-17-8-6-16(7-9-17)23(26,27)28/h1-13,29H,14H2/b13-12+. The van der Waals surface area contributed by atoms with Crippen LogP contribution >= 0.6 is 11.6 Å². The first kappa shape index (κ1) is 22.4. The van der Waals surface area contributed by atoms with Crippen LogP contribution < -0.4 is 10.1 Å². The molecule has 1 N–H and O–H groups in total. The Bertz CT molecular complexity index is 1060. The number of hydrogen-bond acceptors (Lipinski definition) is 3. The summed E-state index contributed by atoms with van der Waals surface area (Å²) in [4.78, 5) is 12.2. The molecular formula is C23H16ClF4NO2. The Hall–Kier alpha value is -3.32. The van der Waals surface area contributed by atoms with E-state index in [1.807, 2.05) is 0 Å². The highest BCUT2D eigenvalue weighted by Crippen LogP contribution is 2.29. The maximum absolute atomic E-state index is 13.8. The van der Waals surface area contributed by atoms with Crippen molar-refractivity contribution in [1.29, 1.82) is 0 Å². The first-order valence-electron chi connectivity index (χ1n) is 9.04. The number of alkyl halides is 3. The molecule has 0 unspecified atom stereocenters. The average molecular weight is 450 g/mol. The van der Waals surface area contributed by atoms with Gasteiger partial charge in [0.05, 0.1) is 10.6 Å². The van der Waals surface area contributed by atoms with Crippen LogP contribution in [0.3, 0.4) is 0 Å². The number of rotatable bonds is 7. The van der Waals surface area contributed by atoms with Gasteiger partial charge in [-0.1, -0.05) is 17.7 Å². The molecule has 0 radical (unpaired) electrons. The number of benzene rings is 3. The summed E-state index contributed by atoms with van der Waals surface area (Å²) in [6, 6.07) is 15.0. The van der Waals surface area contributed by atoms with E-state index >= 15 is 0 Å². The van der Waals surface area contributed by atoms with Gasteiger partial charge in [-0.15, -0.1) is 0 Å². The number of carbonyl (C=O) groups is 1. The molecule has 3 nitrogen and oxygen atoms in total. The number of ketones is 1. The van der Waals surface area contributed by atoms with Crippen LogP contribution in [0, 0.1) is 5.82 Å². The predicted octanol–water partition coefficient (Wildman–Crippen LogP) is 6.89. The minimum absolute atomic E-state index is 0.0598. The third-order valence-electron chi connectivity index (χ3n) is 4.28. The first-order chi connectivity index (χ1) is 14.7. The fourth-order valence-corrected chi connectivity index (χ4v) is 2.82. The number of anilines is 1. The van der Waals surface area contributed by atoms with E-state index in [0.29, 0.717) is 17.0 Å². The van der Waals surface area contributed by atoms with Gasteiger partial charge in [0.2, 0.25) is 0 Å².